The molecule has 0 radical (unpaired) electrons. The predicted molar refractivity (Wildman–Crippen MR) is 72.6 cm³/mol. The molecule has 1 aromatic carbocycles. The number of nitrogens with zero attached hydrogens (tertiary/aromatic N) is 3. The Hall–Kier alpha value is -1.73. The van der Waals surface area contributed by atoms with Crippen LogP contribution < -0.4 is 4.74 Å². The summed E-state index contributed by atoms with van der Waals surface area (Å²) in [6.45, 7) is 1.70. The lowest BCUT2D eigenvalue weighted by Crippen LogP contribution is -1.95. The van der Waals surface area contributed by atoms with Crippen molar-refractivity contribution in [2.75, 3.05) is 0 Å². The van der Waals surface area contributed by atoms with E-state index >= 15 is 0 Å². The first kappa shape index (κ1) is 13.7. The molecular weight excluding hydrogens is 337 g/mol. The number of nitro benzene ring substituents is 1. The Kier molecular flexibility index (Phi) is 3.96. The molecule has 6 nitrogen and oxygen atoms in total. The number of benzene rings is 1. The van der Waals surface area contributed by atoms with Crippen molar-refractivity contribution in [3.8, 4) is 11.6 Å². The van der Waals surface area contributed by atoms with Gasteiger partial charge in [0.25, 0.3) is 5.69 Å². The molecule has 0 aliphatic heterocycles. The van der Waals surface area contributed by atoms with Gasteiger partial charge in [-0.3, -0.25) is 10.1 Å². The third-order valence-electron chi connectivity index (χ3n) is 2.31. The summed E-state index contributed by atoms with van der Waals surface area (Å²) in [7, 11) is 0. The van der Waals surface area contributed by atoms with Gasteiger partial charge in [-0.25, -0.2) is 9.97 Å². The SMILES string of the molecule is Cc1c(Cl)ncnc1Oc1cc([N+](=O)[O-])ccc1Br. The molecule has 0 fully saturated rings. The molecule has 8 heteroatoms. The van der Waals surface area contributed by atoms with Crippen molar-refractivity contribution in [1.82, 2.24) is 9.97 Å². The van der Waals surface area contributed by atoms with E-state index in [9.17, 15) is 10.1 Å². The second-order valence-corrected chi connectivity index (χ2v) is 4.78. The summed E-state index contributed by atoms with van der Waals surface area (Å²) in [5, 5.41) is 11.0. The van der Waals surface area contributed by atoms with E-state index in [1.165, 1.54) is 24.5 Å². The zero-order chi connectivity index (χ0) is 14.0. The minimum Gasteiger partial charge on any atom is -0.437 e. The minimum absolute atomic E-state index is 0.0731. The lowest BCUT2D eigenvalue weighted by Gasteiger charge is -2.09. The lowest BCUT2D eigenvalue weighted by molar-refractivity contribution is -0.384. The van der Waals surface area contributed by atoms with E-state index in [2.05, 4.69) is 25.9 Å². The smallest absolute Gasteiger partial charge is 0.273 e. The maximum absolute atomic E-state index is 10.7. The molecule has 0 atom stereocenters. The molecule has 0 saturated heterocycles. The van der Waals surface area contributed by atoms with Gasteiger partial charge in [0.15, 0.2) is 5.75 Å². The van der Waals surface area contributed by atoms with Crippen molar-refractivity contribution in [3.63, 3.8) is 0 Å². The van der Waals surface area contributed by atoms with Crippen molar-refractivity contribution < 1.29 is 9.66 Å². The Bertz CT molecular complexity index is 651. The van der Waals surface area contributed by atoms with E-state index < -0.39 is 4.92 Å². The standard InChI is InChI=1S/C11H7BrClN3O3/c1-6-10(13)14-5-15-11(6)19-9-4-7(16(17)18)2-3-8(9)12/h2-5H,1H3. The fraction of sp³-hybridized carbons (Fsp3) is 0.0909. The van der Waals surface area contributed by atoms with Gasteiger partial charge in [-0.2, -0.15) is 0 Å². The largest absolute Gasteiger partial charge is 0.437 e. The van der Waals surface area contributed by atoms with Gasteiger partial charge in [0.05, 0.1) is 15.5 Å². The average Bonchev–Trinajstić information content (AvgIpc) is 2.37. The van der Waals surface area contributed by atoms with Crippen LogP contribution in [0, 0.1) is 17.0 Å². The fourth-order valence-electron chi connectivity index (χ4n) is 1.30. The van der Waals surface area contributed by atoms with Crippen molar-refractivity contribution in [2.45, 2.75) is 6.92 Å². The number of rotatable bonds is 3. The van der Waals surface area contributed by atoms with Crippen LogP contribution in [-0.4, -0.2) is 14.9 Å². The lowest BCUT2D eigenvalue weighted by atomic mass is 10.3. The molecule has 0 amide bonds. The Morgan fingerprint density at radius 3 is 2.84 bits per heavy atom. The summed E-state index contributed by atoms with van der Waals surface area (Å²) in [5.74, 6) is 0.535. The number of ether oxygens (including phenoxy) is 1. The van der Waals surface area contributed by atoms with E-state index in [0.717, 1.165) is 0 Å². The van der Waals surface area contributed by atoms with Crippen LogP contribution in [-0.2, 0) is 0 Å². The zero-order valence-electron chi connectivity index (χ0n) is 9.63. The van der Waals surface area contributed by atoms with Crippen LogP contribution >= 0.6 is 27.5 Å². The Labute approximate surface area is 121 Å². The van der Waals surface area contributed by atoms with Crippen LogP contribution in [0.5, 0.6) is 11.6 Å². The van der Waals surface area contributed by atoms with Crippen molar-refractivity contribution in [3.05, 3.63) is 49.8 Å². The molecule has 1 aromatic heterocycles. The van der Waals surface area contributed by atoms with Gasteiger partial charge in [0.1, 0.15) is 11.5 Å². The molecule has 0 aliphatic carbocycles. The van der Waals surface area contributed by atoms with Crippen LogP contribution in [0.15, 0.2) is 29.0 Å². The van der Waals surface area contributed by atoms with Gasteiger partial charge in [0.2, 0.25) is 5.88 Å². The first-order chi connectivity index (χ1) is 8.99. The second kappa shape index (κ2) is 5.50. The normalized spacial score (nSPS) is 10.3. The van der Waals surface area contributed by atoms with Gasteiger partial charge >= 0.3 is 0 Å². The molecule has 98 valence electrons. The number of hydrogen-bond acceptors (Lipinski definition) is 5. The first-order valence-corrected chi connectivity index (χ1v) is 6.25. The van der Waals surface area contributed by atoms with Crippen LogP contribution in [0.2, 0.25) is 5.15 Å². The maximum Gasteiger partial charge on any atom is 0.273 e. The van der Waals surface area contributed by atoms with Gasteiger partial charge < -0.3 is 4.74 Å². The summed E-state index contributed by atoms with van der Waals surface area (Å²) in [5.41, 5.74) is 0.485. The molecular formula is C11H7BrClN3O3. The van der Waals surface area contributed by atoms with Crippen LogP contribution in [0.1, 0.15) is 5.56 Å². The van der Waals surface area contributed by atoms with Crippen molar-refractivity contribution in [1.29, 1.82) is 0 Å². The molecule has 0 unspecified atom stereocenters. The highest BCUT2D eigenvalue weighted by atomic mass is 79.9. The summed E-state index contributed by atoms with van der Waals surface area (Å²) in [6.07, 6.45) is 1.26. The molecule has 2 rings (SSSR count). The molecule has 19 heavy (non-hydrogen) atoms. The summed E-state index contributed by atoms with van der Waals surface area (Å²) >= 11 is 9.11. The highest BCUT2D eigenvalue weighted by molar-refractivity contribution is 9.10. The molecule has 0 spiro atoms. The number of halogens is 2. The van der Waals surface area contributed by atoms with Crippen molar-refractivity contribution >= 4 is 33.2 Å². The van der Waals surface area contributed by atoms with Gasteiger partial charge in [-0.05, 0) is 28.9 Å². The quantitative estimate of drug-likeness (QED) is 0.479. The third kappa shape index (κ3) is 2.99. The van der Waals surface area contributed by atoms with E-state index in [1.54, 1.807) is 6.92 Å². The van der Waals surface area contributed by atoms with Gasteiger partial charge in [-0.15, -0.1) is 0 Å². The Morgan fingerprint density at radius 2 is 2.16 bits per heavy atom. The summed E-state index contributed by atoms with van der Waals surface area (Å²) in [6, 6.07) is 4.21. The molecule has 0 aliphatic rings. The van der Waals surface area contributed by atoms with Crippen LogP contribution in [0.4, 0.5) is 5.69 Å². The van der Waals surface area contributed by atoms with Crippen LogP contribution in [0.25, 0.3) is 0 Å². The monoisotopic (exact) mass is 343 g/mol. The summed E-state index contributed by atoms with van der Waals surface area (Å²) < 4.78 is 6.10. The number of nitro groups is 1. The Morgan fingerprint density at radius 1 is 1.42 bits per heavy atom. The fourth-order valence-corrected chi connectivity index (χ4v) is 1.76. The maximum atomic E-state index is 10.7. The zero-order valence-corrected chi connectivity index (χ0v) is 12.0. The average molecular weight is 345 g/mol. The number of hydrogen-bond donors (Lipinski definition) is 0. The number of non-ortho nitro benzene ring substituents is 1. The van der Waals surface area contributed by atoms with Gasteiger partial charge in [0, 0.05) is 11.6 Å². The predicted octanol–water partition coefficient (Wildman–Crippen LogP) is 3.90. The third-order valence-corrected chi connectivity index (χ3v) is 3.34. The van der Waals surface area contributed by atoms with E-state index in [-0.39, 0.29) is 22.5 Å². The highest BCUT2D eigenvalue weighted by Crippen LogP contribution is 2.34. The topological polar surface area (TPSA) is 78.2 Å². The van der Waals surface area contributed by atoms with E-state index in [4.69, 9.17) is 16.3 Å². The highest BCUT2D eigenvalue weighted by Gasteiger charge is 2.14. The van der Waals surface area contributed by atoms with Crippen LogP contribution in [0.3, 0.4) is 0 Å². The first-order valence-electron chi connectivity index (χ1n) is 5.08. The van der Waals surface area contributed by atoms with Crippen molar-refractivity contribution in [2.24, 2.45) is 0 Å². The molecule has 0 N–H and O–H groups in total. The second-order valence-electron chi connectivity index (χ2n) is 3.57. The molecule has 2 aromatic rings. The van der Waals surface area contributed by atoms with Gasteiger partial charge in [-0.1, -0.05) is 11.6 Å². The number of aromatic nitrogens is 2. The molecule has 1 heterocycles. The summed E-state index contributed by atoms with van der Waals surface area (Å²) in [4.78, 5) is 18.0. The molecule has 0 bridgehead atoms. The molecule has 0 saturated carbocycles. The van der Waals surface area contributed by atoms with E-state index in [1.807, 2.05) is 0 Å². The Balaban J connectivity index is 2.40. The van der Waals surface area contributed by atoms with E-state index in [0.29, 0.717) is 10.0 Å². The minimum atomic E-state index is -0.501.